The van der Waals surface area contributed by atoms with E-state index in [4.69, 9.17) is 0 Å². The number of rotatable bonds is 5. The van der Waals surface area contributed by atoms with Crippen LogP contribution in [0.2, 0.25) is 0 Å². The molecule has 0 aromatic heterocycles. The molecule has 12 heavy (non-hydrogen) atoms. The SMILES string of the molecule is CCCCC1(CCC)C=CCC1. The van der Waals surface area contributed by atoms with Gasteiger partial charge in [-0.25, -0.2) is 0 Å². The minimum Gasteiger partial charge on any atom is -0.0879 e. The largest absolute Gasteiger partial charge is 0.0879 e. The lowest BCUT2D eigenvalue weighted by Gasteiger charge is -2.26. The fourth-order valence-corrected chi connectivity index (χ4v) is 2.36. The van der Waals surface area contributed by atoms with Crippen LogP contribution in [0.4, 0.5) is 0 Å². The molecule has 0 heterocycles. The van der Waals surface area contributed by atoms with Crippen LogP contribution in [0.25, 0.3) is 0 Å². The molecule has 0 saturated carbocycles. The summed E-state index contributed by atoms with van der Waals surface area (Å²) < 4.78 is 0. The first-order valence-electron chi connectivity index (χ1n) is 5.51. The van der Waals surface area contributed by atoms with Gasteiger partial charge in [0.05, 0.1) is 0 Å². The number of hydrogen-bond donors (Lipinski definition) is 0. The van der Waals surface area contributed by atoms with Crippen LogP contribution in [-0.2, 0) is 0 Å². The van der Waals surface area contributed by atoms with Gasteiger partial charge in [0.15, 0.2) is 0 Å². The van der Waals surface area contributed by atoms with Gasteiger partial charge in [-0.2, -0.15) is 0 Å². The molecule has 1 rings (SSSR count). The zero-order valence-corrected chi connectivity index (χ0v) is 8.60. The van der Waals surface area contributed by atoms with Crippen LogP contribution in [0.15, 0.2) is 12.2 Å². The Morgan fingerprint density at radius 3 is 2.50 bits per heavy atom. The first-order chi connectivity index (χ1) is 5.83. The van der Waals surface area contributed by atoms with Gasteiger partial charge < -0.3 is 0 Å². The predicted molar refractivity (Wildman–Crippen MR) is 55.2 cm³/mol. The second-order valence-electron chi connectivity index (χ2n) is 4.16. The van der Waals surface area contributed by atoms with Crippen molar-refractivity contribution in [3.63, 3.8) is 0 Å². The van der Waals surface area contributed by atoms with Gasteiger partial charge in [0.2, 0.25) is 0 Å². The molecular formula is C12H22. The third-order valence-electron chi connectivity index (χ3n) is 3.06. The second-order valence-corrected chi connectivity index (χ2v) is 4.16. The second kappa shape index (κ2) is 4.69. The molecular weight excluding hydrogens is 144 g/mol. The molecule has 0 radical (unpaired) electrons. The van der Waals surface area contributed by atoms with Gasteiger partial charge >= 0.3 is 0 Å². The van der Waals surface area contributed by atoms with Crippen LogP contribution in [0, 0.1) is 5.41 Å². The summed E-state index contributed by atoms with van der Waals surface area (Å²) in [5.41, 5.74) is 0.616. The van der Waals surface area contributed by atoms with E-state index in [0.29, 0.717) is 5.41 Å². The summed E-state index contributed by atoms with van der Waals surface area (Å²) in [6.45, 7) is 4.60. The van der Waals surface area contributed by atoms with Crippen molar-refractivity contribution in [3.05, 3.63) is 12.2 Å². The molecule has 1 aliphatic carbocycles. The first kappa shape index (κ1) is 9.83. The molecule has 1 aliphatic rings. The summed E-state index contributed by atoms with van der Waals surface area (Å²) in [7, 11) is 0. The Morgan fingerprint density at radius 1 is 1.17 bits per heavy atom. The van der Waals surface area contributed by atoms with Crippen molar-refractivity contribution in [1.82, 2.24) is 0 Å². The van der Waals surface area contributed by atoms with Gasteiger partial charge in [0.25, 0.3) is 0 Å². The number of allylic oxidation sites excluding steroid dienone is 2. The standard InChI is InChI=1S/C12H22/c1-3-5-9-12(8-4-2)10-6-7-11-12/h6,10H,3-5,7-9,11H2,1-2H3. The minimum atomic E-state index is 0.616. The zero-order chi connectivity index (χ0) is 8.86. The lowest BCUT2D eigenvalue weighted by atomic mass is 9.78. The molecule has 0 aromatic rings. The fourth-order valence-electron chi connectivity index (χ4n) is 2.36. The van der Waals surface area contributed by atoms with Crippen molar-refractivity contribution >= 4 is 0 Å². The molecule has 0 heteroatoms. The summed E-state index contributed by atoms with van der Waals surface area (Å²) in [4.78, 5) is 0. The first-order valence-corrected chi connectivity index (χ1v) is 5.51. The van der Waals surface area contributed by atoms with Crippen LogP contribution in [0.5, 0.6) is 0 Å². The third kappa shape index (κ3) is 2.36. The molecule has 0 aromatic carbocycles. The molecule has 0 amide bonds. The Balaban J connectivity index is 2.42. The molecule has 0 nitrogen and oxygen atoms in total. The topological polar surface area (TPSA) is 0 Å². The van der Waals surface area contributed by atoms with Gasteiger partial charge in [-0.15, -0.1) is 0 Å². The molecule has 0 aliphatic heterocycles. The zero-order valence-electron chi connectivity index (χ0n) is 8.60. The highest BCUT2D eigenvalue weighted by Crippen LogP contribution is 2.40. The van der Waals surface area contributed by atoms with Gasteiger partial charge in [-0.1, -0.05) is 45.3 Å². The van der Waals surface area contributed by atoms with Gasteiger partial charge in [0.1, 0.15) is 0 Å². The van der Waals surface area contributed by atoms with E-state index < -0.39 is 0 Å². The van der Waals surface area contributed by atoms with Crippen molar-refractivity contribution in [2.24, 2.45) is 5.41 Å². The van der Waals surface area contributed by atoms with Crippen molar-refractivity contribution < 1.29 is 0 Å². The van der Waals surface area contributed by atoms with E-state index in [2.05, 4.69) is 26.0 Å². The fraction of sp³-hybridized carbons (Fsp3) is 0.833. The summed E-state index contributed by atoms with van der Waals surface area (Å²) >= 11 is 0. The molecule has 1 atom stereocenters. The highest BCUT2D eigenvalue weighted by atomic mass is 14.3. The molecule has 0 spiro atoms. The van der Waals surface area contributed by atoms with Crippen molar-refractivity contribution in [2.45, 2.75) is 58.8 Å². The van der Waals surface area contributed by atoms with Crippen molar-refractivity contribution in [1.29, 1.82) is 0 Å². The number of hydrogen-bond acceptors (Lipinski definition) is 0. The minimum absolute atomic E-state index is 0.616. The van der Waals surface area contributed by atoms with Crippen LogP contribution in [-0.4, -0.2) is 0 Å². The predicted octanol–water partition coefficient (Wildman–Crippen LogP) is 4.31. The summed E-state index contributed by atoms with van der Waals surface area (Å²) in [6, 6.07) is 0. The lowest BCUT2D eigenvalue weighted by molar-refractivity contribution is 0.304. The van der Waals surface area contributed by atoms with Crippen LogP contribution in [0.1, 0.15) is 58.8 Å². The van der Waals surface area contributed by atoms with Gasteiger partial charge in [0, 0.05) is 0 Å². The Kier molecular flexibility index (Phi) is 3.84. The third-order valence-corrected chi connectivity index (χ3v) is 3.06. The molecule has 0 saturated heterocycles. The van der Waals surface area contributed by atoms with E-state index in [1.165, 1.54) is 44.9 Å². The lowest BCUT2D eigenvalue weighted by Crippen LogP contribution is -2.14. The maximum atomic E-state index is 2.49. The maximum Gasteiger partial charge on any atom is -0.0115 e. The van der Waals surface area contributed by atoms with E-state index in [0.717, 1.165) is 0 Å². The van der Waals surface area contributed by atoms with E-state index in [-0.39, 0.29) is 0 Å². The monoisotopic (exact) mass is 166 g/mol. The normalized spacial score (nSPS) is 28.2. The van der Waals surface area contributed by atoms with Crippen LogP contribution >= 0.6 is 0 Å². The summed E-state index contributed by atoms with van der Waals surface area (Å²) in [6.07, 6.45) is 14.5. The smallest absolute Gasteiger partial charge is 0.0115 e. The highest BCUT2D eigenvalue weighted by Gasteiger charge is 2.27. The van der Waals surface area contributed by atoms with E-state index in [1.54, 1.807) is 0 Å². The Hall–Kier alpha value is -0.260. The summed E-state index contributed by atoms with van der Waals surface area (Å²) in [5, 5.41) is 0. The molecule has 0 fully saturated rings. The Labute approximate surface area is 77.1 Å². The van der Waals surface area contributed by atoms with E-state index in [9.17, 15) is 0 Å². The van der Waals surface area contributed by atoms with Gasteiger partial charge in [-0.05, 0) is 31.1 Å². The van der Waals surface area contributed by atoms with E-state index >= 15 is 0 Å². The average molecular weight is 166 g/mol. The van der Waals surface area contributed by atoms with E-state index in [1.807, 2.05) is 0 Å². The molecule has 0 bridgehead atoms. The average Bonchev–Trinajstić information content (AvgIpc) is 2.51. The molecule has 0 N–H and O–H groups in total. The summed E-state index contributed by atoms with van der Waals surface area (Å²) in [5.74, 6) is 0. The Bertz CT molecular complexity index is 146. The van der Waals surface area contributed by atoms with Gasteiger partial charge in [-0.3, -0.25) is 0 Å². The quantitative estimate of drug-likeness (QED) is 0.534. The van der Waals surface area contributed by atoms with Crippen LogP contribution < -0.4 is 0 Å². The van der Waals surface area contributed by atoms with Crippen molar-refractivity contribution in [3.8, 4) is 0 Å². The van der Waals surface area contributed by atoms with Crippen LogP contribution in [0.3, 0.4) is 0 Å². The highest BCUT2D eigenvalue weighted by molar-refractivity contribution is 5.06. The Morgan fingerprint density at radius 2 is 2.00 bits per heavy atom. The van der Waals surface area contributed by atoms with Crippen molar-refractivity contribution in [2.75, 3.05) is 0 Å². The maximum absolute atomic E-state index is 2.49. The number of unbranched alkanes of at least 4 members (excludes halogenated alkanes) is 1. The molecule has 1 unspecified atom stereocenters. The molecule has 70 valence electrons.